The second-order valence-electron chi connectivity index (χ2n) is 5.68. The molecule has 6 nitrogen and oxygen atoms in total. The lowest BCUT2D eigenvalue weighted by Crippen LogP contribution is -2.39. The summed E-state index contributed by atoms with van der Waals surface area (Å²) in [5.41, 5.74) is 0.250. The van der Waals surface area contributed by atoms with Crippen molar-refractivity contribution >= 4 is 15.9 Å². The molecule has 1 aliphatic carbocycles. The Morgan fingerprint density at radius 1 is 1.23 bits per heavy atom. The molecule has 0 spiro atoms. The monoisotopic (exact) mass is 325 g/mol. The maximum absolute atomic E-state index is 12.3. The number of nitrogens with one attached hydrogen (secondary N) is 1. The van der Waals surface area contributed by atoms with Crippen LogP contribution in [0, 0.1) is 0 Å². The maximum Gasteiger partial charge on any atom is 0.264 e. The fourth-order valence-electron chi connectivity index (χ4n) is 2.55. The van der Waals surface area contributed by atoms with Crippen molar-refractivity contribution in [3.05, 3.63) is 23.8 Å². The Morgan fingerprint density at radius 2 is 1.91 bits per heavy atom. The molecule has 0 unspecified atom stereocenters. The molecule has 1 saturated carbocycles. The summed E-state index contributed by atoms with van der Waals surface area (Å²) in [5.74, 6) is 0.415. The molecule has 120 valence electrons. The van der Waals surface area contributed by atoms with Crippen molar-refractivity contribution in [1.82, 2.24) is 4.72 Å². The number of sulfonamides is 1. The van der Waals surface area contributed by atoms with E-state index >= 15 is 0 Å². The molecule has 1 amide bonds. The zero-order valence-electron chi connectivity index (χ0n) is 12.4. The first-order valence-electron chi connectivity index (χ1n) is 7.44. The summed E-state index contributed by atoms with van der Waals surface area (Å²) < 4.78 is 37.0. The van der Waals surface area contributed by atoms with Crippen molar-refractivity contribution in [2.75, 3.05) is 13.2 Å². The number of carbonyl (C=O) groups is 1. The van der Waals surface area contributed by atoms with Crippen LogP contribution in [0.4, 0.5) is 0 Å². The Kier molecular flexibility index (Phi) is 3.76. The molecule has 1 aliphatic heterocycles. The molecule has 0 aromatic heterocycles. The molecular weight excluding hydrogens is 306 g/mol. The maximum atomic E-state index is 12.3. The highest BCUT2D eigenvalue weighted by Crippen LogP contribution is 2.45. The van der Waals surface area contributed by atoms with E-state index in [4.69, 9.17) is 9.47 Å². The van der Waals surface area contributed by atoms with Gasteiger partial charge in [-0.05, 0) is 37.5 Å². The number of carbonyl (C=O) groups excluding carboxylic acids is 1. The summed E-state index contributed by atoms with van der Waals surface area (Å²) in [5, 5.41) is 0. The van der Waals surface area contributed by atoms with Crippen LogP contribution < -0.4 is 14.2 Å². The average Bonchev–Trinajstić information content (AvgIpc) is 3.30. The molecule has 7 heteroatoms. The first kappa shape index (κ1) is 15.1. The van der Waals surface area contributed by atoms with Gasteiger partial charge in [-0.25, -0.2) is 13.1 Å². The minimum atomic E-state index is -3.65. The van der Waals surface area contributed by atoms with Crippen LogP contribution in [0.5, 0.6) is 11.5 Å². The van der Waals surface area contributed by atoms with Gasteiger partial charge in [0.15, 0.2) is 11.5 Å². The van der Waals surface area contributed by atoms with Gasteiger partial charge in [-0.3, -0.25) is 4.79 Å². The van der Waals surface area contributed by atoms with E-state index in [2.05, 4.69) is 4.72 Å². The molecule has 1 aromatic rings. The Labute approximate surface area is 129 Å². The number of ether oxygens (including phenoxy) is 2. The topological polar surface area (TPSA) is 81.7 Å². The molecule has 0 saturated heterocycles. The number of benzene rings is 1. The van der Waals surface area contributed by atoms with Crippen molar-refractivity contribution in [1.29, 1.82) is 0 Å². The number of fused-ring (bicyclic) bond motifs is 1. The van der Waals surface area contributed by atoms with Gasteiger partial charge in [-0.15, -0.1) is 0 Å². The third-order valence-corrected chi connectivity index (χ3v) is 6.55. The fourth-order valence-corrected chi connectivity index (χ4v) is 4.14. The van der Waals surface area contributed by atoms with Gasteiger partial charge in [0.25, 0.3) is 5.91 Å². The molecule has 3 rings (SSSR count). The number of hydrogen-bond donors (Lipinski definition) is 1. The first-order valence-corrected chi connectivity index (χ1v) is 8.92. The van der Waals surface area contributed by atoms with Crippen molar-refractivity contribution in [2.24, 2.45) is 0 Å². The van der Waals surface area contributed by atoms with Crippen LogP contribution in [0.3, 0.4) is 0 Å². The van der Waals surface area contributed by atoms with Crippen molar-refractivity contribution in [3.63, 3.8) is 0 Å². The van der Waals surface area contributed by atoms with Crippen molar-refractivity contribution in [3.8, 4) is 11.5 Å². The lowest BCUT2D eigenvalue weighted by atomic mass is 10.2. The third-order valence-electron chi connectivity index (χ3n) is 4.26. The SMILES string of the molecule is CCC1(S(=O)(=O)NC(=O)c2ccc3c(c2)OCCCO3)CC1. The summed E-state index contributed by atoms with van der Waals surface area (Å²) >= 11 is 0. The predicted molar refractivity (Wildman–Crippen MR) is 80.7 cm³/mol. The molecule has 0 radical (unpaired) electrons. The van der Waals surface area contributed by atoms with Crippen LogP contribution >= 0.6 is 0 Å². The van der Waals surface area contributed by atoms with E-state index in [0.29, 0.717) is 44.0 Å². The van der Waals surface area contributed by atoms with Crippen LogP contribution in [0.25, 0.3) is 0 Å². The Bertz CT molecular complexity index is 694. The van der Waals surface area contributed by atoms with E-state index in [0.717, 1.165) is 6.42 Å². The Hall–Kier alpha value is -1.76. The zero-order valence-corrected chi connectivity index (χ0v) is 13.2. The number of hydrogen-bond acceptors (Lipinski definition) is 5. The zero-order chi connectivity index (χ0) is 15.8. The van der Waals surface area contributed by atoms with E-state index in [1.807, 2.05) is 6.92 Å². The Morgan fingerprint density at radius 3 is 2.55 bits per heavy atom. The van der Waals surface area contributed by atoms with E-state index in [-0.39, 0.29) is 5.56 Å². The predicted octanol–water partition coefficient (Wildman–Crippen LogP) is 1.85. The lowest BCUT2D eigenvalue weighted by molar-refractivity contribution is 0.0980. The molecule has 22 heavy (non-hydrogen) atoms. The van der Waals surface area contributed by atoms with E-state index < -0.39 is 20.7 Å². The molecule has 1 N–H and O–H groups in total. The number of amides is 1. The quantitative estimate of drug-likeness (QED) is 0.913. The highest BCUT2D eigenvalue weighted by atomic mass is 32.2. The molecule has 1 aromatic carbocycles. The second kappa shape index (κ2) is 5.46. The molecular formula is C15H19NO5S. The second-order valence-corrected chi connectivity index (χ2v) is 7.76. The molecule has 0 bridgehead atoms. The summed E-state index contributed by atoms with van der Waals surface area (Å²) in [6.07, 6.45) is 2.49. The van der Waals surface area contributed by atoms with Gasteiger partial charge >= 0.3 is 0 Å². The molecule has 2 aliphatic rings. The summed E-state index contributed by atoms with van der Waals surface area (Å²) in [4.78, 5) is 12.2. The standard InChI is InChI=1S/C15H19NO5S/c1-2-15(6-7-15)22(18,19)16-14(17)11-4-5-12-13(10-11)21-9-3-8-20-12/h4-5,10H,2-3,6-9H2,1H3,(H,16,17). The normalized spacial score (nSPS) is 19.1. The average molecular weight is 325 g/mol. The Balaban J connectivity index is 1.80. The smallest absolute Gasteiger partial charge is 0.264 e. The van der Waals surface area contributed by atoms with Crippen molar-refractivity contribution < 1.29 is 22.7 Å². The summed E-state index contributed by atoms with van der Waals surface area (Å²) in [6, 6.07) is 4.70. The van der Waals surface area contributed by atoms with Gasteiger partial charge in [0, 0.05) is 12.0 Å². The van der Waals surface area contributed by atoms with Crippen LogP contribution in [0.1, 0.15) is 43.0 Å². The highest BCUT2D eigenvalue weighted by molar-refractivity contribution is 7.91. The molecule has 1 heterocycles. The van der Waals surface area contributed by atoms with Crippen LogP contribution in [-0.4, -0.2) is 32.3 Å². The summed E-state index contributed by atoms with van der Waals surface area (Å²) in [7, 11) is -3.65. The van der Waals surface area contributed by atoms with Gasteiger partial charge in [0.1, 0.15) is 0 Å². The van der Waals surface area contributed by atoms with Crippen LogP contribution in [-0.2, 0) is 10.0 Å². The van der Waals surface area contributed by atoms with Gasteiger partial charge in [-0.2, -0.15) is 0 Å². The van der Waals surface area contributed by atoms with Gasteiger partial charge in [-0.1, -0.05) is 6.92 Å². The van der Waals surface area contributed by atoms with E-state index in [1.54, 1.807) is 12.1 Å². The minimum Gasteiger partial charge on any atom is -0.490 e. The lowest BCUT2D eigenvalue weighted by Gasteiger charge is -2.15. The molecule has 0 atom stereocenters. The first-order chi connectivity index (χ1) is 10.5. The van der Waals surface area contributed by atoms with Crippen LogP contribution in [0.15, 0.2) is 18.2 Å². The van der Waals surface area contributed by atoms with Gasteiger partial charge in [0.2, 0.25) is 10.0 Å². The van der Waals surface area contributed by atoms with Gasteiger partial charge < -0.3 is 9.47 Å². The van der Waals surface area contributed by atoms with Crippen LogP contribution in [0.2, 0.25) is 0 Å². The molecule has 1 fully saturated rings. The highest BCUT2D eigenvalue weighted by Gasteiger charge is 2.53. The summed E-state index contributed by atoms with van der Waals surface area (Å²) in [6.45, 7) is 2.89. The van der Waals surface area contributed by atoms with Gasteiger partial charge in [0.05, 0.1) is 18.0 Å². The van der Waals surface area contributed by atoms with Crippen molar-refractivity contribution in [2.45, 2.75) is 37.4 Å². The third kappa shape index (κ3) is 2.65. The van der Waals surface area contributed by atoms with E-state index in [9.17, 15) is 13.2 Å². The van der Waals surface area contributed by atoms with E-state index in [1.165, 1.54) is 6.07 Å². The fraction of sp³-hybridized carbons (Fsp3) is 0.533. The minimum absolute atomic E-state index is 0.250. The number of rotatable bonds is 4. The largest absolute Gasteiger partial charge is 0.490 e.